The van der Waals surface area contributed by atoms with Crippen LogP contribution in [-0.2, 0) is 30.4 Å². The molecule has 10 N–H and O–H groups in total. The Morgan fingerprint density at radius 1 is 0.485 bits per heavy atom. The van der Waals surface area contributed by atoms with Crippen LogP contribution in [-0.4, -0.2) is 149 Å². The second-order valence-corrected chi connectivity index (χ2v) is 17.3. The van der Waals surface area contributed by atoms with Gasteiger partial charge in [-0.1, -0.05) is 24.3 Å². The predicted molar refractivity (Wildman–Crippen MR) is 247 cm³/mol. The monoisotopic (exact) mass is 980 g/mol. The Hall–Kier alpha value is -4.74. The van der Waals surface area contributed by atoms with Gasteiger partial charge < -0.3 is 26.8 Å². The fraction of sp³-hybridized carbons (Fsp3) is 0. The molecule has 0 unspecified atom stereocenters. The molecule has 0 aliphatic carbocycles. The summed E-state index contributed by atoms with van der Waals surface area (Å²) in [4.78, 5) is 1.86. The number of azo groups is 3. The maximum absolute atomic E-state index is 12.5. The van der Waals surface area contributed by atoms with E-state index in [1.165, 1.54) is 78.9 Å². The van der Waals surface area contributed by atoms with E-state index in [9.17, 15) is 54.2 Å². The number of hydrogen-bond donors (Lipinski definition) is 8. The van der Waals surface area contributed by atoms with Gasteiger partial charge in [-0.25, -0.2) is 4.99 Å². The van der Waals surface area contributed by atoms with Crippen LogP contribution < -0.4 is 11.5 Å². The van der Waals surface area contributed by atoms with Crippen molar-refractivity contribution in [2.75, 3.05) is 11.5 Å². The fourth-order valence-corrected chi connectivity index (χ4v) is 8.12. The van der Waals surface area contributed by atoms with E-state index in [0.717, 1.165) is 18.2 Å². The third kappa shape index (κ3) is 11.9. The molecule has 0 aromatic heterocycles. The minimum Gasteiger partial charge on any atom is -0.505 e. The van der Waals surface area contributed by atoms with Gasteiger partial charge in [-0.05, 0) is 96.4 Å². The Bertz CT molecular complexity index is 3480. The maximum Gasteiger partial charge on any atom is 0.296 e. The number of aliphatic imine (C=N–C) groups is 1. The van der Waals surface area contributed by atoms with Gasteiger partial charge in [0.15, 0.2) is 11.5 Å². The first-order valence-corrected chi connectivity index (χ1v) is 21.9. The van der Waals surface area contributed by atoms with E-state index >= 15 is 0 Å². The number of phenols is 2. The van der Waals surface area contributed by atoms with E-state index in [0.29, 0.717) is 5.69 Å². The molecule has 0 atom stereocenters. The van der Waals surface area contributed by atoms with Crippen LogP contribution in [0.15, 0.2) is 166 Å². The molecular weight excluding hydrogens is 952 g/mol. The number of nitrogen functional groups attached to an aromatic ring is 2. The topological polar surface area (TPSA) is 362 Å². The van der Waals surface area contributed by atoms with Crippen molar-refractivity contribution in [3.8, 4) is 11.5 Å². The molecule has 0 heterocycles. The van der Waals surface area contributed by atoms with Gasteiger partial charge in [0.2, 0.25) is 5.90 Å². The molecule has 0 amide bonds. The number of rotatable bonds is 11. The molecule has 7 rings (SSSR count). The van der Waals surface area contributed by atoms with Crippen LogP contribution in [0, 0.1) is 0 Å². The third-order valence-corrected chi connectivity index (χ3v) is 11.7. The van der Waals surface area contributed by atoms with Crippen molar-refractivity contribution in [2.24, 2.45) is 35.7 Å². The van der Waals surface area contributed by atoms with Gasteiger partial charge in [0.05, 0.1) is 39.2 Å². The normalized spacial score (nSPS) is 12.4. The number of aliphatic hydroxyl groups is 1. The maximum atomic E-state index is 12.5. The molecule has 323 valence electrons. The Balaban J connectivity index is 0.00000317. The quantitative estimate of drug-likeness (QED) is 0.0152. The van der Waals surface area contributed by atoms with Crippen molar-refractivity contribution in [3.63, 3.8) is 0 Å². The minimum absolute atomic E-state index is 0. The van der Waals surface area contributed by atoms with E-state index in [-0.39, 0.29) is 144 Å². The number of nitrogens with two attached hydrogens (primary N) is 2. The number of phenolic OH excluding ortho intramolecular Hbond substituents is 2. The molecule has 3 radical (unpaired) electrons. The van der Waals surface area contributed by atoms with Gasteiger partial charge in [0.25, 0.3) is 30.4 Å². The minimum atomic E-state index is -5.12. The molecule has 0 aliphatic rings. The number of nitrogens with zero attached hydrogens (tertiary/aromatic N) is 7. The number of benzene rings is 7. The van der Waals surface area contributed by atoms with E-state index in [2.05, 4.69) is 35.7 Å². The van der Waals surface area contributed by atoms with Gasteiger partial charge in [0.1, 0.15) is 31.7 Å². The fourth-order valence-electron chi connectivity index (χ4n) is 6.11. The Morgan fingerprint density at radius 2 is 0.970 bits per heavy atom. The summed E-state index contributed by atoms with van der Waals surface area (Å²) in [7, 11) is -14.8. The molecule has 7 aromatic carbocycles. The summed E-state index contributed by atoms with van der Waals surface area (Å²) in [6.45, 7) is 0. The first kappa shape index (κ1) is 53.9. The van der Waals surface area contributed by atoms with E-state index in [4.69, 9.17) is 11.5 Å². The molecule has 0 saturated carbocycles. The zero-order valence-corrected chi connectivity index (χ0v) is 43.1. The molecule has 27 heteroatoms. The number of anilines is 2. The van der Waals surface area contributed by atoms with Crippen molar-refractivity contribution in [3.05, 3.63) is 121 Å². The largest absolute Gasteiger partial charge is 0.505 e. The molecule has 0 spiro atoms. The summed E-state index contributed by atoms with van der Waals surface area (Å²) in [6.07, 6.45) is 0. The van der Waals surface area contributed by atoms with Gasteiger partial charge >= 0.3 is 0 Å². The van der Waals surface area contributed by atoms with E-state index in [1.54, 1.807) is 18.2 Å². The second kappa shape index (κ2) is 21.5. The van der Waals surface area contributed by atoms with Gasteiger partial charge in [-0.2, -0.15) is 40.6 Å². The van der Waals surface area contributed by atoms with Crippen LogP contribution >= 0.6 is 0 Å². The molecule has 21 nitrogen and oxygen atoms in total. The predicted octanol–water partition coefficient (Wildman–Crippen LogP) is 8.05. The summed E-state index contributed by atoms with van der Waals surface area (Å²) in [5.74, 6) is -1.80. The van der Waals surface area contributed by atoms with Crippen molar-refractivity contribution < 1.29 is 54.2 Å². The smallest absolute Gasteiger partial charge is 0.296 e. The number of hydrogen-bond acceptors (Lipinski definition) is 17. The molecule has 66 heavy (non-hydrogen) atoms. The van der Waals surface area contributed by atoms with Crippen LogP contribution in [0.2, 0.25) is 0 Å². The third-order valence-electron chi connectivity index (χ3n) is 9.04. The SMILES string of the molecule is Nc1c(N=Nc2ccc(C(O)=Nc3ccc(N=Nc4ccc5c(S(=O)(=O)O)ccc(N)c5c4O)cc3)cc2)c(S(=O)(=O)O)cc2cc(S(=O)(=O)O)c(N=Nc3ccccc3)c(O)c12.[Na].[Na].[Na]. The van der Waals surface area contributed by atoms with E-state index in [1.807, 2.05) is 0 Å². The molecule has 0 bridgehead atoms. The molecule has 7 aromatic rings. The Kier molecular flexibility index (Phi) is 17.5. The van der Waals surface area contributed by atoms with Crippen LogP contribution in [0.1, 0.15) is 5.56 Å². The van der Waals surface area contributed by atoms with Crippen LogP contribution in [0.3, 0.4) is 0 Å². The number of fused-ring (bicyclic) bond motifs is 2. The molecule has 0 fully saturated rings. The number of aromatic hydroxyl groups is 2. The first-order chi connectivity index (χ1) is 29.7. The number of aliphatic hydroxyl groups excluding tert-OH is 1. The average Bonchev–Trinajstić information content (AvgIpc) is 3.22. The van der Waals surface area contributed by atoms with Crippen LogP contribution in [0.4, 0.5) is 51.2 Å². The molecule has 0 saturated heterocycles. The van der Waals surface area contributed by atoms with Gasteiger partial charge in [-0.15, -0.1) is 15.3 Å². The molecule has 0 aliphatic heterocycles. The Labute approximate surface area is 441 Å². The molecular formula is C39H29N9Na3O12S3. The van der Waals surface area contributed by atoms with E-state index < -0.39 is 79.5 Å². The standard InChI is InChI=1S/C39H29N9O12S3.3Na/c40-27-15-17-29(61(52,53)54)26-14-16-28(37(49)33(26)27)46-43-25-12-10-22(11-13-25)42-39(51)20-6-8-24(9-7-20)45-47-35-30(62(55,56)57)18-21-19-31(63(58,59)60)36(38(50)32(21)34(35)41)48-44-23-4-2-1-3-5-23;;;/h1-19,49-50H,40-41H2,(H,42,51)(H,52,53,54)(H,55,56,57)(H,58,59,60);;;. The summed E-state index contributed by atoms with van der Waals surface area (Å²) in [5.41, 5.74) is 11.4. The summed E-state index contributed by atoms with van der Waals surface area (Å²) in [5, 5.41) is 55.7. The van der Waals surface area contributed by atoms with Gasteiger partial charge in [-0.3, -0.25) is 13.7 Å². The average molecular weight is 981 g/mol. The zero-order chi connectivity index (χ0) is 45.4. The summed E-state index contributed by atoms with van der Waals surface area (Å²) in [6, 6.07) is 26.0. The van der Waals surface area contributed by atoms with Crippen LogP contribution in [0.5, 0.6) is 11.5 Å². The van der Waals surface area contributed by atoms with Crippen molar-refractivity contribution >= 4 is 198 Å². The van der Waals surface area contributed by atoms with Crippen molar-refractivity contribution in [1.29, 1.82) is 0 Å². The van der Waals surface area contributed by atoms with Crippen LogP contribution in [0.25, 0.3) is 21.5 Å². The Morgan fingerprint density at radius 3 is 1.53 bits per heavy atom. The summed E-state index contributed by atoms with van der Waals surface area (Å²) < 4.78 is 103. The van der Waals surface area contributed by atoms with Crippen molar-refractivity contribution in [1.82, 2.24) is 0 Å². The van der Waals surface area contributed by atoms with Gasteiger partial charge in [0, 0.05) is 105 Å². The van der Waals surface area contributed by atoms with Crippen molar-refractivity contribution in [2.45, 2.75) is 14.7 Å². The summed E-state index contributed by atoms with van der Waals surface area (Å²) >= 11 is 0. The second-order valence-electron chi connectivity index (χ2n) is 13.2. The zero-order valence-electron chi connectivity index (χ0n) is 34.6. The first-order valence-electron chi connectivity index (χ1n) is 17.6.